The summed E-state index contributed by atoms with van der Waals surface area (Å²) < 4.78 is 4.63. The van der Waals surface area contributed by atoms with Crippen molar-refractivity contribution in [2.45, 2.75) is 97.3 Å². The molecule has 1 aliphatic rings. The fourth-order valence-corrected chi connectivity index (χ4v) is 4.25. The summed E-state index contributed by atoms with van der Waals surface area (Å²) in [6, 6.07) is 0. The van der Waals surface area contributed by atoms with E-state index in [1.54, 1.807) is 0 Å². The lowest BCUT2D eigenvalue weighted by atomic mass is 9.83. The summed E-state index contributed by atoms with van der Waals surface area (Å²) in [5.74, 6) is 1.30. The summed E-state index contributed by atoms with van der Waals surface area (Å²) in [4.78, 5) is 35.7. The van der Waals surface area contributed by atoms with Crippen LogP contribution < -0.4 is 0 Å². The second kappa shape index (κ2) is 14.5. The van der Waals surface area contributed by atoms with Crippen molar-refractivity contribution < 1.29 is 19.1 Å². The summed E-state index contributed by atoms with van der Waals surface area (Å²) in [7, 11) is 1.41. The fourth-order valence-electron chi connectivity index (χ4n) is 4.25. The van der Waals surface area contributed by atoms with Gasteiger partial charge in [0.1, 0.15) is 11.6 Å². The lowest BCUT2D eigenvalue weighted by Gasteiger charge is -2.20. The Morgan fingerprint density at radius 1 is 1.04 bits per heavy atom. The van der Waals surface area contributed by atoms with E-state index in [0.717, 1.165) is 38.5 Å². The minimum absolute atomic E-state index is 0.0595. The van der Waals surface area contributed by atoms with E-state index >= 15 is 0 Å². The van der Waals surface area contributed by atoms with Gasteiger partial charge in [-0.3, -0.25) is 14.4 Å². The predicted octanol–water partition coefficient (Wildman–Crippen LogP) is 5.83. The van der Waals surface area contributed by atoms with E-state index < -0.39 is 0 Å². The molecular formula is C24H40O4. The van der Waals surface area contributed by atoms with Crippen LogP contribution in [-0.2, 0) is 19.1 Å². The average molecular weight is 393 g/mol. The van der Waals surface area contributed by atoms with Gasteiger partial charge in [-0.25, -0.2) is 0 Å². The number of esters is 1. The maximum Gasteiger partial charge on any atom is 0.305 e. The van der Waals surface area contributed by atoms with Crippen LogP contribution in [0.25, 0.3) is 0 Å². The molecule has 1 fully saturated rings. The highest BCUT2D eigenvalue weighted by Gasteiger charge is 2.38. The molecule has 0 spiro atoms. The Balaban J connectivity index is 2.33. The van der Waals surface area contributed by atoms with Crippen LogP contribution in [0.3, 0.4) is 0 Å². The van der Waals surface area contributed by atoms with Gasteiger partial charge >= 0.3 is 5.97 Å². The molecule has 160 valence electrons. The molecule has 4 heteroatoms. The Labute approximate surface area is 171 Å². The van der Waals surface area contributed by atoms with Crippen molar-refractivity contribution in [3.8, 4) is 0 Å². The average Bonchev–Trinajstić information content (AvgIpc) is 2.94. The number of allylic oxidation sites excluding steroid dienone is 2. The molecule has 0 radical (unpaired) electrons. The molecule has 0 aromatic rings. The van der Waals surface area contributed by atoms with E-state index in [1.165, 1.54) is 26.4 Å². The highest BCUT2D eigenvalue weighted by atomic mass is 16.5. The van der Waals surface area contributed by atoms with E-state index in [0.29, 0.717) is 49.1 Å². The van der Waals surface area contributed by atoms with Crippen LogP contribution in [0.15, 0.2) is 12.2 Å². The van der Waals surface area contributed by atoms with Crippen molar-refractivity contribution in [1.29, 1.82) is 0 Å². The van der Waals surface area contributed by atoms with Crippen LogP contribution in [0.4, 0.5) is 0 Å². The van der Waals surface area contributed by atoms with Crippen molar-refractivity contribution in [2.75, 3.05) is 7.11 Å². The van der Waals surface area contributed by atoms with Gasteiger partial charge < -0.3 is 4.74 Å². The Bertz CT molecular complexity index is 509. The summed E-state index contributed by atoms with van der Waals surface area (Å²) in [6.07, 6.45) is 15.6. The maximum absolute atomic E-state index is 12.4. The summed E-state index contributed by atoms with van der Waals surface area (Å²) in [6.45, 7) is 4.35. The second-order valence-electron chi connectivity index (χ2n) is 8.34. The first-order valence-corrected chi connectivity index (χ1v) is 11.3. The van der Waals surface area contributed by atoms with Crippen LogP contribution in [0.1, 0.15) is 97.3 Å². The minimum Gasteiger partial charge on any atom is -0.469 e. The number of ether oxygens (including phenoxy) is 1. The lowest BCUT2D eigenvalue weighted by Crippen LogP contribution is -2.17. The minimum atomic E-state index is -0.178. The highest BCUT2D eigenvalue weighted by Crippen LogP contribution is 2.39. The zero-order valence-corrected chi connectivity index (χ0v) is 18.2. The molecule has 0 heterocycles. The molecule has 0 aromatic carbocycles. The number of rotatable bonds is 15. The Morgan fingerprint density at radius 3 is 2.50 bits per heavy atom. The molecule has 0 unspecified atom stereocenters. The van der Waals surface area contributed by atoms with Gasteiger partial charge in [0.2, 0.25) is 0 Å². The first-order chi connectivity index (χ1) is 13.5. The summed E-state index contributed by atoms with van der Waals surface area (Å²) >= 11 is 0. The number of Topliss-reactive ketones (excluding diaryl/α,β-unsaturated/α-hetero) is 2. The molecule has 28 heavy (non-hydrogen) atoms. The lowest BCUT2D eigenvalue weighted by molar-refractivity contribution is -0.140. The van der Waals surface area contributed by atoms with Gasteiger partial charge in [0.25, 0.3) is 0 Å². The SMILES string of the molecule is CCCCCCCC(=O)CC[C@H]1[C@H](C)CC(=O)[C@@H]1C/C=C\CCCC(=O)OC. The van der Waals surface area contributed by atoms with Crippen LogP contribution in [0.5, 0.6) is 0 Å². The van der Waals surface area contributed by atoms with Gasteiger partial charge in [0, 0.05) is 31.6 Å². The first kappa shape index (κ1) is 24.6. The number of unbranched alkanes of at least 4 members (excludes halogenated alkanes) is 5. The zero-order chi connectivity index (χ0) is 20.8. The Hall–Kier alpha value is -1.45. The Morgan fingerprint density at radius 2 is 1.79 bits per heavy atom. The van der Waals surface area contributed by atoms with Gasteiger partial charge in [0.15, 0.2) is 0 Å². The Kier molecular flexibility index (Phi) is 12.8. The van der Waals surface area contributed by atoms with E-state index in [9.17, 15) is 14.4 Å². The smallest absolute Gasteiger partial charge is 0.305 e. The van der Waals surface area contributed by atoms with Gasteiger partial charge in [0.05, 0.1) is 7.11 Å². The largest absolute Gasteiger partial charge is 0.469 e. The van der Waals surface area contributed by atoms with Crippen molar-refractivity contribution >= 4 is 17.5 Å². The number of methoxy groups -OCH3 is 1. The van der Waals surface area contributed by atoms with E-state index in [1.807, 2.05) is 0 Å². The molecule has 1 rings (SSSR count). The standard InChI is InChI=1S/C24H40O4/c1-4-5-6-7-10-13-20(25)16-17-21-19(2)18-23(26)22(21)14-11-8-9-12-15-24(27)28-3/h8,11,19,21-22H,4-7,9-10,12-18H2,1-3H3/b11-8-/t19-,21+,22-/m1/s1. The quantitative estimate of drug-likeness (QED) is 0.200. The molecule has 0 bridgehead atoms. The van der Waals surface area contributed by atoms with Crippen molar-refractivity contribution in [2.24, 2.45) is 17.8 Å². The topological polar surface area (TPSA) is 60.4 Å². The van der Waals surface area contributed by atoms with Crippen LogP contribution >= 0.6 is 0 Å². The third-order valence-electron chi connectivity index (χ3n) is 6.04. The van der Waals surface area contributed by atoms with Gasteiger partial charge in [-0.1, -0.05) is 51.7 Å². The van der Waals surface area contributed by atoms with Gasteiger partial charge in [-0.2, -0.15) is 0 Å². The molecule has 0 N–H and O–H groups in total. The summed E-state index contributed by atoms with van der Waals surface area (Å²) in [5, 5.41) is 0. The fraction of sp³-hybridized carbons (Fsp3) is 0.792. The predicted molar refractivity (Wildman–Crippen MR) is 113 cm³/mol. The number of carbonyl (C=O) groups excluding carboxylic acids is 3. The van der Waals surface area contributed by atoms with E-state index in [2.05, 4.69) is 30.7 Å². The number of hydrogen-bond donors (Lipinski definition) is 0. The number of carbonyl (C=O) groups is 3. The van der Waals surface area contributed by atoms with E-state index in [-0.39, 0.29) is 11.9 Å². The zero-order valence-electron chi connectivity index (χ0n) is 18.2. The summed E-state index contributed by atoms with van der Waals surface area (Å²) in [5.41, 5.74) is 0. The number of ketones is 2. The molecule has 0 aliphatic heterocycles. The van der Waals surface area contributed by atoms with Crippen LogP contribution in [-0.4, -0.2) is 24.6 Å². The first-order valence-electron chi connectivity index (χ1n) is 11.3. The van der Waals surface area contributed by atoms with Crippen LogP contribution in [0, 0.1) is 17.8 Å². The third kappa shape index (κ3) is 9.66. The molecule has 0 aromatic heterocycles. The maximum atomic E-state index is 12.4. The third-order valence-corrected chi connectivity index (χ3v) is 6.04. The van der Waals surface area contributed by atoms with Crippen molar-refractivity contribution in [3.05, 3.63) is 12.2 Å². The van der Waals surface area contributed by atoms with Crippen molar-refractivity contribution in [3.63, 3.8) is 0 Å². The molecule has 1 saturated carbocycles. The molecule has 0 amide bonds. The molecular weight excluding hydrogens is 352 g/mol. The molecule has 4 nitrogen and oxygen atoms in total. The molecule has 3 atom stereocenters. The van der Waals surface area contributed by atoms with Gasteiger partial charge in [-0.15, -0.1) is 0 Å². The van der Waals surface area contributed by atoms with Crippen molar-refractivity contribution in [1.82, 2.24) is 0 Å². The van der Waals surface area contributed by atoms with Crippen LogP contribution in [0.2, 0.25) is 0 Å². The number of hydrogen-bond acceptors (Lipinski definition) is 4. The highest BCUT2D eigenvalue weighted by molar-refractivity contribution is 5.84. The molecule has 1 aliphatic carbocycles. The van der Waals surface area contributed by atoms with Gasteiger partial charge in [-0.05, 0) is 43.9 Å². The molecule has 0 saturated heterocycles. The second-order valence-corrected chi connectivity index (χ2v) is 8.34. The normalized spacial score (nSPS) is 22.1. The monoisotopic (exact) mass is 392 g/mol. The van der Waals surface area contributed by atoms with E-state index in [4.69, 9.17) is 0 Å².